The van der Waals surface area contributed by atoms with Crippen LogP contribution in [0.5, 0.6) is 0 Å². The maximum Gasteiger partial charge on any atom is 0.244 e. The maximum atomic E-state index is 11.3. The number of nitrogens with one attached hydrogen (secondary N) is 2. The maximum absolute atomic E-state index is 11.3. The molecule has 1 saturated heterocycles. The van der Waals surface area contributed by atoms with Gasteiger partial charge < -0.3 is 10.4 Å². The molecule has 0 saturated carbocycles. The van der Waals surface area contributed by atoms with Gasteiger partial charge in [-0.3, -0.25) is 14.9 Å². The van der Waals surface area contributed by atoms with Crippen LogP contribution in [0.2, 0.25) is 0 Å². The Hall–Kier alpha value is -0.590. The van der Waals surface area contributed by atoms with Crippen LogP contribution in [-0.4, -0.2) is 47.1 Å². The second-order valence-electron chi connectivity index (χ2n) is 3.58. The van der Waals surface area contributed by atoms with Crippen molar-refractivity contribution in [2.75, 3.05) is 12.9 Å². The highest BCUT2D eigenvalue weighted by atomic mass is 32.2. The third kappa shape index (κ3) is 3.19. The van der Waals surface area contributed by atoms with E-state index in [4.69, 9.17) is 5.11 Å². The molecule has 1 aliphatic rings. The first-order valence-corrected chi connectivity index (χ1v) is 6.10. The summed E-state index contributed by atoms with van der Waals surface area (Å²) in [5.41, 5.74) is 0. The number of thioether (sulfide) groups is 1. The number of hydrogen-bond donors (Lipinski definition) is 3. The Kier molecular flexibility index (Phi) is 4.56. The lowest BCUT2D eigenvalue weighted by Crippen LogP contribution is -2.46. The van der Waals surface area contributed by atoms with E-state index in [1.807, 2.05) is 13.2 Å². The average molecular weight is 232 g/mol. The molecule has 0 aromatic heterocycles. The molecule has 3 unspecified atom stereocenters. The topological polar surface area (TPSA) is 78.4 Å². The van der Waals surface area contributed by atoms with Gasteiger partial charge in [0.15, 0.2) is 0 Å². The smallest absolute Gasteiger partial charge is 0.244 e. The molecule has 0 radical (unpaired) electrons. The minimum absolute atomic E-state index is 0.00773. The Bertz CT molecular complexity index is 256. The zero-order valence-corrected chi connectivity index (χ0v) is 9.63. The van der Waals surface area contributed by atoms with Crippen LogP contribution >= 0.6 is 11.8 Å². The molecule has 5 nitrogen and oxygen atoms in total. The number of rotatable bonds is 5. The zero-order chi connectivity index (χ0) is 11.4. The monoisotopic (exact) mass is 232 g/mol. The van der Waals surface area contributed by atoms with E-state index >= 15 is 0 Å². The normalized spacial score (nSPS) is 25.1. The highest BCUT2D eigenvalue weighted by Gasteiger charge is 2.32. The van der Waals surface area contributed by atoms with Crippen molar-refractivity contribution in [3.05, 3.63) is 0 Å². The number of amides is 2. The number of carbonyl (C=O) groups excluding carboxylic acids is 2. The third-order valence-corrected chi connectivity index (χ3v) is 3.64. The van der Waals surface area contributed by atoms with E-state index in [0.29, 0.717) is 0 Å². The molecule has 1 heterocycles. The number of aliphatic hydroxyl groups excluding tert-OH is 1. The summed E-state index contributed by atoms with van der Waals surface area (Å²) in [4.78, 5) is 22.2. The van der Waals surface area contributed by atoms with E-state index in [2.05, 4.69) is 10.6 Å². The molecule has 3 atom stereocenters. The highest BCUT2D eigenvalue weighted by molar-refractivity contribution is 7.99. The molecule has 0 aromatic rings. The molecule has 15 heavy (non-hydrogen) atoms. The largest absolute Gasteiger partial charge is 0.395 e. The molecule has 0 aromatic carbocycles. The minimum atomic E-state index is -0.450. The van der Waals surface area contributed by atoms with Gasteiger partial charge in [-0.2, -0.15) is 11.8 Å². The van der Waals surface area contributed by atoms with Crippen molar-refractivity contribution < 1.29 is 14.7 Å². The van der Waals surface area contributed by atoms with Crippen molar-refractivity contribution in [1.29, 1.82) is 0 Å². The lowest BCUT2D eigenvalue weighted by atomic mass is 10.1. The standard InChI is InChI=1S/C9H16N2O3S/c1-5(7(4-12)15-2)10-6-3-8(13)11-9(6)14/h5-7,10,12H,3-4H2,1-2H3,(H,11,13,14). The van der Waals surface area contributed by atoms with E-state index in [0.717, 1.165) is 0 Å². The lowest BCUT2D eigenvalue weighted by Gasteiger charge is -2.23. The molecule has 1 rings (SSSR count). The second kappa shape index (κ2) is 5.48. The Morgan fingerprint density at radius 3 is 2.73 bits per heavy atom. The van der Waals surface area contributed by atoms with Crippen molar-refractivity contribution in [2.24, 2.45) is 0 Å². The van der Waals surface area contributed by atoms with Crippen LogP contribution in [-0.2, 0) is 9.59 Å². The van der Waals surface area contributed by atoms with Crippen LogP contribution in [0, 0.1) is 0 Å². The van der Waals surface area contributed by atoms with Crippen molar-refractivity contribution in [2.45, 2.75) is 30.7 Å². The number of imide groups is 1. The quantitative estimate of drug-likeness (QED) is 0.536. The predicted octanol–water partition coefficient (Wildman–Crippen LogP) is -0.896. The van der Waals surface area contributed by atoms with Crippen LogP contribution in [0.25, 0.3) is 0 Å². The summed E-state index contributed by atoms with van der Waals surface area (Å²) >= 11 is 1.53. The average Bonchev–Trinajstić information content (AvgIpc) is 2.47. The molecule has 0 aliphatic carbocycles. The first-order chi connectivity index (χ1) is 7.08. The van der Waals surface area contributed by atoms with Gasteiger partial charge in [0.2, 0.25) is 11.8 Å². The fourth-order valence-electron chi connectivity index (χ4n) is 1.55. The highest BCUT2D eigenvalue weighted by Crippen LogP contribution is 2.12. The van der Waals surface area contributed by atoms with Gasteiger partial charge in [0.05, 0.1) is 19.1 Å². The molecule has 3 N–H and O–H groups in total. The van der Waals surface area contributed by atoms with E-state index in [1.165, 1.54) is 11.8 Å². The first kappa shape index (κ1) is 12.5. The van der Waals surface area contributed by atoms with Gasteiger partial charge in [0.1, 0.15) is 0 Å². The second-order valence-corrected chi connectivity index (χ2v) is 4.66. The lowest BCUT2D eigenvalue weighted by molar-refractivity contribution is -0.125. The van der Waals surface area contributed by atoms with Gasteiger partial charge in [-0.15, -0.1) is 0 Å². The van der Waals surface area contributed by atoms with E-state index in [1.54, 1.807) is 0 Å². The van der Waals surface area contributed by atoms with Crippen LogP contribution < -0.4 is 10.6 Å². The summed E-state index contributed by atoms with van der Waals surface area (Å²) < 4.78 is 0. The fraction of sp³-hybridized carbons (Fsp3) is 0.778. The molecule has 0 spiro atoms. The summed E-state index contributed by atoms with van der Waals surface area (Å²) in [6.07, 6.45) is 2.09. The molecule has 2 amide bonds. The Labute approximate surface area is 93.0 Å². The predicted molar refractivity (Wildman–Crippen MR) is 58.5 cm³/mol. The summed E-state index contributed by atoms with van der Waals surface area (Å²) in [5.74, 6) is -0.515. The number of hydrogen-bond acceptors (Lipinski definition) is 5. The number of carbonyl (C=O) groups is 2. The molecule has 0 bridgehead atoms. The van der Waals surface area contributed by atoms with Crippen LogP contribution in [0.4, 0.5) is 0 Å². The molecular weight excluding hydrogens is 216 g/mol. The van der Waals surface area contributed by atoms with Gasteiger partial charge in [0.25, 0.3) is 0 Å². The van der Waals surface area contributed by atoms with Gasteiger partial charge in [-0.05, 0) is 13.2 Å². The van der Waals surface area contributed by atoms with Crippen molar-refractivity contribution in [3.63, 3.8) is 0 Å². The van der Waals surface area contributed by atoms with Gasteiger partial charge in [-0.1, -0.05) is 0 Å². The molecule has 1 fully saturated rings. The summed E-state index contributed by atoms with van der Waals surface area (Å²) in [7, 11) is 0. The molecule has 6 heteroatoms. The van der Waals surface area contributed by atoms with Gasteiger partial charge in [0, 0.05) is 11.3 Å². The van der Waals surface area contributed by atoms with E-state index in [-0.39, 0.29) is 36.1 Å². The van der Waals surface area contributed by atoms with Crippen LogP contribution in [0.1, 0.15) is 13.3 Å². The third-order valence-electron chi connectivity index (χ3n) is 2.47. The van der Waals surface area contributed by atoms with Crippen molar-refractivity contribution in [1.82, 2.24) is 10.6 Å². The summed E-state index contributed by atoms with van der Waals surface area (Å²) in [6, 6.07) is -0.458. The van der Waals surface area contributed by atoms with E-state index in [9.17, 15) is 9.59 Å². The van der Waals surface area contributed by atoms with Gasteiger partial charge >= 0.3 is 0 Å². The zero-order valence-electron chi connectivity index (χ0n) is 8.82. The summed E-state index contributed by atoms with van der Waals surface area (Å²) in [5, 5.41) is 14.4. The van der Waals surface area contributed by atoms with Crippen molar-refractivity contribution >= 4 is 23.6 Å². The molecule has 1 aliphatic heterocycles. The molecule has 86 valence electrons. The van der Waals surface area contributed by atoms with Gasteiger partial charge in [-0.25, -0.2) is 0 Å². The first-order valence-electron chi connectivity index (χ1n) is 4.82. The SMILES string of the molecule is CSC(CO)C(C)NC1CC(=O)NC1=O. The summed E-state index contributed by atoms with van der Waals surface area (Å²) in [6.45, 7) is 1.95. The van der Waals surface area contributed by atoms with Crippen LogP contribution in [0.3, 0.4) is 0 Å². The minimum Gasteiger partial charge on any atom is -0.395 e. The Morgan fingerprint density at radius 1 is 1.67 bits per heavy atom. The Balaban J connectivity index is 2.47. The number of aliphatic hydroxyl groups is 1. The molecular formula is C9H16N2O3S. The fourth-order valence-corrected chi connectivity index (χ4v) is 2.19. The van der Waals surface area contributed by atoms with Crippen LogP contribution in [0.15, 0.2) is 0 Å². The van der Waals surface area contributed by atoms with E-state index < -0.39 is 6.04 Å². The Morgan fingerprint density at radius 2 is 2.33 bits per heavy atom. The van der Waals surface area contributed by atoms with Crippen molar-refractivity contribution in [3.8, 4) is 0 Å².